The van der Waals surface area contributed by atoms with Crippen molar-refractivity contribution in [2.45, 2.75) is 38.9 Å². The van der Waals surface area contributed by atoms with Crippen LogP contribution in [-0.2, 0) is 27.7 Å². The molecule has 1 aliphatic heterocycles. The van der Waals surface area contributed by atoms with Crippen molar-refractivity contribution in [1.29, 1.82) is 0 Å². The summed E-state index contributed by atoms with van der Waals surface area (Å²) >= 11 is 0. The number of carbonyl (C=O) groups is 1. The van der Waals surface area contributed by atoms with E-state index < -0.39 is 9.84 Å². The molecular formula is C14H24N4O3S. The van der Waals surface area contributed by atoms with Crippen LogP contribution in [-0.4, -0.2) is 59.9 Å². The third-order valence-electron chi connectivity index (χ3n) is 3.93. The van der Waals surface area contributed by atoms with Gasteiger partial charge in [-0.3, -0.25) is 9.69 Å². The third kappa shape index (κ3) is 4.54. The number of nitrogens with one attached hydrogen (secondary N) is 1. The van der Waals surface area contributed by atoms with Crippen molar-refractivity contribution in [3.05, 3.63) is 18.2 Å². The molecule has 1 atom stereocenters. The zero-order chi connectivity index (χ0) is 16.2. The highest BCUT2D eigenvalue weighted by Gasteiger charge is 2.31. The first-order chi connectivity index (χ1) is 10.4. The van der Waals surface area contributed by atoms with Gasteiger partial charge in [-0.15, -0.1) is 0 Å². The van der Waals surface area contributed by atoms with E-state index in [4.69, 9.17) is 0 Å². The number of nitrogens with zero attached hydrogens (tertiary/aromatic N) is 3. The number of hydrogen-bond donors (Lipinski definition) is 1. The number of aromatic nitrogens is 2. The molecule has 1 N–H and O–H groups in total. The van der Waals surface area contributed by atoms with Gasteiger partial charge in [0.2, 0.25) is 5.91 Å². The van der Waals surface area contributed by atoms with Gasteiger partial charge in [0.1, 0.15) is 5.82 Å². The van der Waals surface area contributed by atoms with Crippen LogP contribution in [0.4, 0.5) is 0 Å². The fourth-order valence-corrected chi connectivity index (χ4v) is 4.47. The van der Waals surface area contributed by atoms with Gasteiger partial charge >= 0.3 is 0 Å². The minimum absolute atomic E-state index is 0.0576. The molecule has 124 valence electrons. The molecule has 1 unspecified atom stereocenters. The van der Waals surface area contributed by atoms with Crippen LogP contribution in [0.1, 0.15) is 25.6 Å². The Bertz CT molecular complexity index is 611. The summed E-state index contributed by atoms with van der Waals surface area (Å²) < 4.78 is 25.0. The van der Waals surface area contributed by atoms with Gasteiger partial charge in [0.15, 0.2) is 9.84 Å². The fraction of sp³-hybridized carbons (Fsp3) is 0.714. The summed E-state index contributed by atoms with van der Waals surface area (Å²) in [6.07, 6.45) is 5.25. The molecule has 2 rings (SSSR count). The molecule has 22 heavy (non-hydrogen) atoms. The van der Waals surface area contributed by atoms with E-state index in [9.17, 15) is 13.2 Å². The van der Waals surface area contributed by atoms with Crippen LogP contribution in [0.15, 0.2) is 12.4 Å². The fourth-order valence-electron chi connectivity index (χ4n) is 2.66. The highest BCUT2D eigenvalue weighted by Crippen LogP contribution is 2.16. The van der Waals surface area contributed by atoms with Gasteiger partial charge in [0, 0.05) is 25.0 Å². The molecule has 7 nitrogen and oxygen atoms in total. The monoisotopic (exact) mass is 328 g/mol. The van der Waals surface area contributed by atoms with Crippen molar-refractivity contribution in [3.63, 3.8) is 0 Å². The lowest BCUT2D eigenvalue weighted by Crippen LogP contribution is -2.41. The quantitative estimate of drug-likeness (QED) is 0.763. The van der Waals surface area contributed by atoms with Crippen molar-refractivity contribution < 1.29 is 13.2 Å². The SMILES string of the molecule is CCCn1ccnc1CNC(=O)CN(C)C1CCS(=O)(=O)C1. The van der Waals surface area contributed by atoms with Crippen LogP contribution < -0.4 is 5.32 Å². The largest absolute Gasteiger partial charge is 0.348 e. The third-order valence-corrected chi connectivity index (χ3v) is 5.68. The van der Waals surface area contributed by atoms with Crippen LogP contribution in [0.2, 0.25) is 0 Å². The van der Waals surface area contributed by atoms with Gasteiger partial charge in [0.25, 0.3) is 0 Å². The summed E-state index contributed by atoms with van der Waals surface area (Å²) in [5, 5.41) is 2.85. The Morgan fingerprint density at radius 2 is 2.32 bits per heavy atom. The van der Waals surface area contributed by atoms with Gasteiger partial charge in [-0.1, -0.05) is 6.92 Å². The highest BCUT2D eigenvalue weighted by molar-refractivity contribution is 7.91. The molecule has 0 spiro atoms. The lowest BCUT2D eigenvalue weighted by atomic mass is 10.2. The van der Waals surface area contributed by atoms with E-state index >= 15 is 0 Å². The number of sulfone groups is 1. The van der Waals surface area contributed by atoms with E-state index in [1.807, 2.05) is 15.7 Å². The molecule has 1 aliphatic rings. The van der Waals surface area contributed by atoms with Crippen LogP contribution in [0.25, 0.3) is 0 Å². The molecule has 1 fully saturated rings. The molecule has 1 amide bonds. The standard InChI is InChI=1S/C14H24N4O3S/c1-3-6-18-7-5-15-13(18)9-16-14(19)10-17(2)12-4-8-22(20,21)11-12/h5,7,12H,3-4,6,8-11H2,1-2H3,(H,16,19). The van der Waals surface area contributed by atoms with E-state index in [-0.39, 0.29) is 30.0 Å². The number of likely N-dealkylation sites (N-methyl/N-ethyl adjacent to an activating group) is 1. The molecule has 1 saturated heterocycles. The van der Waals surface area contributed by atoms with Gasteiger partial charge in [0.05, 0.1) is 24.6 Å². The van der Waals surface area contributed by atoms with Crippen LogP contribution in [0.5, 0.6) is 0 Å². The van der Waals surface area contributed by atoms with Gasteiger partial charge in [-0.25, -0.2) is 13.4 Å². The number of rotatable bonds is 7. The predicted molar refractivity (Wildman–Crippen MR) is 84.1 cm³/mol. The number of hydrogen-bond acceptors (Lipinski definition) is 5. The minimum atomic E-state index is -2.92. The molecule has 1 aromatic rings. The Morgan fingerprint density at radius 1 is 1.55 bits per heavy atom. The predicted octanol–water partition coefficient (Wildman–Crippen LogP) is 0.0282. The first kappa shape index (κ1) is 17.0. The molecule has 1 aromatic heterocycles. The normalized spacial score (nSPS) is 20.4. The summed E-state index contributed by atoms with van der Waals surface area (Å²) in [6.45, 7) is 3.56. The first-order valence-electron chi connectivity index (χ1n) is 7.58. The maximum absolute atomic E-state index is 12.0. The molecule has 0 aliphatic carbocycles. The maximum atomic E-state index is 12.0. The second-order valence-electron chi connectivity index (χ2n) is 5.79. The second-order valence-corrected chi connectivity index (χ2v) is 8.01. The molecule has 0 radical (unpaired) electrons. The Labute approximate surface area is 131 Å². The van der Waals surface area contributed by atoms with Gasteiger partial charge in [-0.05, 0) is 19.9 Å². The lowest BCUT2D eigenvalue weighted by Gasteiger charge is -2.22. The van der Waals surface area contributed by atoms with Crippen molar-refractivity contribution in [2.24, 2.45) is 0 Å². The number of imidazole rings is 1. The summed E-state index contributed by atoms with van der Waals surface area (Å²) in [5.41, 5.74) is 0. The molecule has 0 bridgehead atoms. The summed E-state index contributed by atoms with van der Waals surface area (Å²) in [5.74, 6) is 1.09. The topological polar surface area (TPSA) is 84.3 Å². The number of aryl methyl sites for hydroxylation is 1. The zero-order valence-electron chi connectivity index (χ0n) is 13.2. The molecular weight excluding hydrogens is 304 g/mol. The van der Waals surface area contributed by atoms with E-state index in [2.05, 4.69) is 17.2 Å². The van der Waals surface area contributed by atoms with Crippen molar-refractivity contribution in [3.8, 4) is 0 Å². The maximum Gasteiger partial charge on any atom is 0.234 e. The zero-order valence-corrected chi connectivity index (χ0v) is 14.0. The smallest absolute Gasteiger partial charge is 0.234 e. The highest BCUT2D eigenvalue weighted by atomic mass is 32.2. The van der Waals surface area contributed by atoms with Crippen LogP contribution >= 0.6 is 0 Å². The van der Waals surface area contributed by atoms with Crippen LogP contribution in [0, 0.1) is 0 Å². The van der Waals surface area contributed by atoms with E-state index in [0.29, 0.717) is 13.0 Å². The average molecular weight is 328 g/mol. The Kier molecular flexibility index (Phi) is 5.57. The first-order valence-corrected chi connectivity index (χ1v) is 9.41. The Hall–Kier alpha value is -1.41. The lowest BCUT2D eigenvalue weighted by molar-refractivity contribution is -0.122. The van der Waals surface area contributed by atoms with Crippen molar-refractivity contribution in [1.82, 2.24) is 19.8 Å². The Balaban J connectivity index is 1.79. The van der Waals surface area contributed by atoms with Gasteiger partial charge < -0.3 is 9.88 Å². The van der Waals surface area contributed by atoms with E-state index in [1.165, 1.54) is 0 Å². The molecule has 2 heterocycles. The Morgan fingerprint density at radius 3 is 2.95 bits per heavy atom. The van der Waals surface area contributed by atoms with E-state index in [0.717, 1.165) is 18.8 Å². The number of amides is 1. The number of carbonyl (C=O) groups excluding carboxylic acids is 1. The summed E-state index contributed by atoms with van der Waals surface area (Å²) in [7, 11) is -1.13. The molecule has 0 aromatic carbocycles. The van der Waals surface area contributed by atoms with Crippen LogP contribution in [0.3, 0.4) is 0 Å². The second kappa shape index (κ2) is 7.23. The molecule has 0 saturated carbocycles. The average Bonchev–Trinajstić information content (AvgIpc) is 3.03. The van der Waals surface area contributed by atoms with Gasteiger partial charge in [-0.2, -0.15) is 0 Å². The molecule has 8 heteroatoms. The van der Waals surface area contributed by atoms with Crippen molar-refractivity contribution >= 4 is 15.7 Å². The van der Waals surface area contributed by atoms with Crippen molar-refractivity contribution in [2.75, 3.05) is 25.1 Å². The summed E-state index contributed by atoms with van der Waals surface area (Å²) in [4.78, 5) is 18.1. The minimum Gasteiger partial charge on any atom is -0.348 e. The summed E-state index contributed by atoms with van der Waals surface area (Å²) in [6, 6.07) is -0.0576. The van der Waals surface area contributed by atoms with E-state index in [1.54, 1.807) is 13.2 Å².